The van der Waals surface area contributed by atoms with Crippen LogP contribution in [0.1, 0.15) is 12.2 Å². The minimum absolute atomic E-state index is 0.164. The molecular formula is C18H16ClN3O3. The van der Waals surface area contributed by atoms with E-state index in [-0.39, 0.29) is 17.9 Å². The second-order valence-electron chi connectivity index (χ2n) is 5.42. The first-order valence-electron chi connectivity index (χ1n) is 7.68. The molecule has 2 N–H and O–H groups in total. The monoisotopic (exact) mass is 357 g/mol. The van der Waals surface area contributed by atoms with Crippen LogP contribution in [-0.2, 0) is 11.2 Å². The molecule has 7 heteroatoms. The summed E-state index contributed by atoms with van der Waals surface area (Å²) in [5, 5.41) is 3.78. The normalized spacial score (nSPS) is 10.6. The molecule has 1 heterocycles. The number of hydrogen-bond donors (Lipinski definition) is 2. The van der Waals surface area contributed by atoms with Gasteiger partial charge in [0.05, 0.1) is 23.7 Å². The SMILES string of the molecule is COc1ccc(Cl)cc1NC(=O)CCc1nc2ccccc2c(=O)[nH]1. The van der Waals surface area contributed by atoms with Crippen LogP contribution in [0.4, 0.5) is 5.69 Å². The topological polar surface area (TPSA) is 84.1 Å². The predicted octanol–water partition coefficient (Wildman–Crippen LogP) is 3.16. The van der Waals surface area contributed by atoms with E-state index in [1.165, 1.54) is 7.11 Å². The number of aromatic amines is 1. The van der Waals surface area contributed by atoms with Crippen molar-refractivity contribution in [2.45, 2.75) is 12.8 Å². The summed E-state index contributed by atoms with van der Waals surface area (Å²) < 4.78 is 5.19. The molecule has 1 amide bonds. The Balaban J connectivity index is 1.71. The van der Waals surface area contributed by atoms with Gasteiger partial charge in [-0.1, -0.05) is 23.7 Å². The number of fused-ring (bicyclic) bond motifs is 1. The summed E-state index contributed by atoms with van der Waals surface area (Å²) in [4.78, 5) is 31.3. The highest BCUT2D eigenvalue weighted by Gasteiger charge is 2.10. The van der Waals surface area contributed by atoms with Gasteiger partial charge in [0.15, 0.2) is 0 Å². The van der Waals surface area contributed by atoms with Gasteiger partial charge in [-0.2, -0.15) is 0 Å². The molecule has 25 heavy (non-hydrogen) atoms. The van der Waals surface area contributed by atoms with E-state index in [4.69, 9.17) is 16.3 Å². The lowest BCUT2D eigenvalue weighted by Crippen LogP contribution is -2.16. The minimum Gasteiger partial charge on any atom is -0.495 e. The van der Waals surface area contributed by atoms with Gasteiger partial charge in [-0.15, -0.1) is 0 Å². The number of nitrogens with one attached hydrogen (secondary N) is 2. The van der Waals surface area contributed by atoms with Crippen LogP contribution >= 0.6 is 11.6 Å². The predicted molar refractivity (Wildman–Crippen MR) is 97.3 cm³/mol. The molecule has 0 atom stereocenters. The van der Waals surface area contributed by atoms with E-state index in [0.717, 1.165) is 0 Å². The third-order valence-corrected chi connectivity index (χ3v) is 3.92. The fourth-order valence-electron chi connectivity index (χ4n) is 2.48. The Morgan fingerprint density at radius 1 is 1.28 bits per heavy atom. The second kappa shape index (κ2) is 7.36. The zero-order chi connectivity index (χ0) is 17.8. The molecule has 0 spiro atoms. The van der Waals surface area contributed by atoms with Crippen molar-refractivity contribution in [1.82, 2.24) is 9.97 Å². The molecule has 0 aliphatic heterocycles. The van der Waals surface area contributed by atoms with Gasteiger partial charge in [-0.25, -0.2) is 4.98 Å². The van der Waals surface area contributed by atoms with Crippen LogP contribution in [0.2, 0.25) is 5.02 Å². The zero-order valence-electron chi connectivity index (χ0n) is 13.5. The number of methoxy groups -OCH3 is 1. The van der Waals surface area contributed by atoms with Crippen molar-refractivity contribution in [1.29, 1.82) is 0 Å². The summed E-state index contributed by atoms with van der Waals surface area (Å²) >= 11 is 5.95. The minimum atomic E-state index is -0.226. The van der Waals surface area contributed by atoms with Gasteiger partial charge in [-0.05, 0) is 30.3 Å². The number of aryl methyl sites for hydroxylation is 1. The average molecular weight is 358 g/mol. The van der Waals surface area contributed by atoms with E-state index < -0.39 is 0 Å². The number of rotatable bonds is 5. The van der Waals surface area contributed by atoms with Crippen molar-refractivity contribution in [3.63, 3.8) is 0 Å². The standard InChI is InChI=1S/C18H16ClN3O3/c1-25-15-7-6-11(19)10-14(15)21-17(23)9-8-16-20-13-5-3-2-4-12(13)18(24)22-16/h2-7,10H,8-9H2,1H3,(H,21,23)(H,20,22,24). The number of halogens is 1. The molecule has 2 aromatic carbocycles. The Hall–Kier alpha value is -2.86. The Labute approximate surface area is 148 Å². The number of nitrogens with zero attached hydrogens (tertiary/aromatic N) is 1. The van der Waals surface area contributed by atoms with Crippen LogP contribution in [0, 0.1) is 0 Å². The van der Waals surface area contributed by atoms with E-state index >= 15 is 0 Å². The summed E-state index contributed by atoms with van der Waals surface area (Å²) in [6, 6.07) is 12.1. The summed E-state index contributed by atoms with van der Waals surface area (Å²) in [6.45, 7) is 0. The lowest BCUT2D eigenvalue weighted by Gasteiger charge is -2.10. The van der Waals surface area contributed by atoms with Crippen molar-refractivity contribution in [2.75, 3.05) is 12.4 Å². The Bertz CT molecular complexity index is 985. The van der Waals surface area contributed by atoms with Crippen LogP contribution in [0.5, 0.6) is 5.75 Å². The van der Waals surface area contributed by atoms with Crippen molar-refractivity contribution >= 4 is 34.1 Å². The Morgan fingerprint density at radius 3 is 2.88 bits per heavy atom. The van der Waals surface area contributed by atoms with Crippen molar-refractivity contribution in [2.24, 2.45) is 0 Å². The van der Waals surface area contributed by atoms with E-state index in [1.54, 1.807) is 36.4 Å². The van der Waals surface area contributed by atoms with E-state index in [1.807, 2.05) is 6.07 Å². The number of H-pyrrole nitrogens is 1. The lowest BCUT2D eigenvalue weighted by atomic mass is 10.2. The van der Waals surface area contributed by atoms with E-state index in [0.29, 0.717) is 39.6 Å². The zero-order valence-corrected chi connectivity index (χ0v) is 14.3. The number of benzene rings is 2. The molecule has 0 unspecified atom stereocenters. The van der Waals surface area contributed by atoms with Crippen molar-refractivity contribution < 1.29 is 9.53 Å². The van der Waals surface area contributed by atoms with E-state index in [2.05, 4.69) is 15.3 Å². The molecule has 6 nitrogen and oxygen atoms in total. The van der Waals surface area contributed by atoms with E-state index in [9.17, 15) is 9.59 Å². The second-order valence-corrected chi connectivity index (χ2v) is 5.86. The third kappa shape index (κ3) is 3.97. The number of amides is 1. The number of aromatic nitrogens is 2. The molecule has 0 bridgehead atoms. The number of carbonyl (C=O) groups excluding carboxylic acids is 1. The number of hydrogen-bond acceptors (Lipinski definition) is 4. The van der Waals surface area contributed by atoms with Gasteiger partial charge in [0.2, 0.25) is 5.91 Å². The molecule has 0 fully saturated rings. The van der Waals surface area contributed by atoms with Crippen LogP contribution < -0.4 is 15.6 Å². The number of carbonyl (C=O) groups is 1. The highest BCUT2D eigenvalue weighted by Crippen LogP contribution is 2.27. The van der Waals surface area contributed by atoms with Crippen molar-refractivity contribution in [3.8, 4) is 5.75 Å². The molecule has 3 aromatic rings. The average Bonchev–Trinajstić information content (AvgIpc) is 2.60. The number of ether oxygens (including phenoxy) is 1. The van der Waals surface area contributed by atoms with Crippen LogP contribution in [0.25, 0.3) is 10.9 Å². The molecule has 3 rings (SSSR count). The smallest absolute Gasteiger partial charge is 0.258 e. The van der Waals surface area contributed by atoms with Gasteiger partial charge in [-0.3, -0.25) is 9.59 Å². The first-order valence-corrected chi connectivity index (χ1v) is 8.06. The first-order chi connectivity index (χ1) is 12.1. The van der Waals surface area contributed by atoms with Gasteiger partial charge >= 0.3 is 0 Å². The maximum Gasteiger partial charge on any atom is 0.258 e. The van der Waals surface area contributed by atoms with Gasteiger partial charge < -0.3 is 15.0 Å². The third-order valence-electron chi connectivity index (χ3n) is 3.69. The van der Waals surface area contributed by atoms with Crippen LogP contribution in [0.15, 0.2) is 47.3 Å². The molecule has 0 aliphatic rings. The largest absolute Gasteiger partial charge is 0.495 e. The van der Waals surface area contributed by atoms with Gasteiger partial charge in [0.25, 0.3) is 5.56 Å². The quantitative estimate of drug-likeness (QED) is 0.734. The summed E-state index contributed by atoms with van der Waals surface area (Å²) in [7, 11) is 1.52. The van der Waals surface area contributed by atoms with Crippen molar-refractivity contribution in [3.05, 3.63) is 63.7 Å². The Kier molecular flexibility index (Phi) is 5.00. The van der Waals surface area contributed by atoms with Crippen LogP contribution in [-0.4, -0.2) is 23.0 Å². The molecule has 0 saturated carbocycles. The maximum atomic E-state index is 12.2. The van der Waals surface area contributed by atoms with Crippen LogP contribution in [0.3, 0.4) is 0 Å². The molecular weight excluding hydrogens is 342 g/mol. The highest BCUT2D eigenvalue weighted by molar-refractivity contribution is 6.31. The molecule has 0 saturated heterocycles. The molecule has 128 valence electrons. The lowest BCUT2D eigenvalue weighted by molar-refractivity contribution is -0.116. The maximum absolute atomic E-state index is 12.2. The summed E-state index contributed by atoms with van der Waals surface area (Å²) in [6.07, 6.45) is 0.478. The molecule has 0 radical (unpaired) electrons. The first kappa shape index (κ1) is 17.0. The number of anilines is 1. The fraction of sp³-hybridized carbons (Fsp3) is 0.167. The molecule has 0 aliphatic carbocycles. The summed E-state index contributed by atoms with van der Waals surface area (Å²) in [5.41, 5.74) is 0.899. The highest BCUT2D eigenvalue weighted by atomic mass is 35.5. The number of para-hydroxylation sites is 1. The Morgan fingerprint density at radius 2 is 2.08 bits per heavy atom. The van der Waals surface area contributed by atoms with Gasteiger partial charge in [0.1, 0.15) is 11.6 Å². The van der Waals surface area contributed by atoms with Gasteiger partial charge in [0, 0.05) is 17.9 Å². The summed E-state index contributed by atoms with van der Waals surface area (Å²) in [5.74, 6) is 0.767. The fourth-order valence-corrected chi connectivity index (χ4v) is 2.65. The molecule has 1 aromatic heterocycles.